The van der Waals surface area contributed by atoms with E-state index < -0.39 is 0 Å². The summed E-state index contributed by atoms with van der Waals surface area (Å²) in [6.07, 6.45) is 8.72. The Morgan fingerprint density at radius 1 is 0.485 bits per heavy atom. The van der Waals surface area contributed by atoms with Crippen molar-refractivity contribution in [2.45, 2.75) is 74.0 Å². The number of aliphatic hydroxyl groups is 1. The Bertz CT molecular complexity index is 4480. The molecule has 0 aliphatic carbocycles. The zero-order valence-corrected chi connectivity index (χ0v) is 56.8. The van der Waals surface area contributed by atoms with Crippen LogP contribution in [0.15, 0.2) is 141 Å². The Balaban J connectivity index is 0.000000148. The number of nitrogens with one attached hydrogen (secondary N) is 4. The van der Waals surface area contributed by atoms with Crippen molar-refractivity contribution in [3.63, 3.8) is 0 Å². The van der Waals surface area contributed by atoms with Gasteiger partial charge in [0.1, 0.15) is 0 Å². The first kappa shape index (κ1) is 68.3. The van der Waals surface area contributed by atoms with Gasteiger partial charge in [0, 0.05) is 124 Å². The lowest BCUT2D eigenvalue weighted by molar-refractivity contribution is 0.217. The van der Waals surface area contributed by atoms with Crippen molar-refractivity contribution in [1.29, 1.82) is 0 Å². The topological polar surface area (TPSA) is 261 Å². The Morgan fingerprint density at radius 2 is 0.928 bits per heavy atom. The third-order valence-electron chi connectivity index (χ3n) is 16.3. The fraction of sp³-hybridized carbons (Fsp3) is 0.351. The van der Waals surface area contributed by atoms with E-state index in [2.05, 4.69) is 98.9 Å². The molecule has 7 heterocycles. The first-order valence-corrected chi connectivity index (χ1v) is 33.4. The molecule has 1 saturated heterocycles. The van der Waals surface area contributed by atoms with E-state index in [4.69, 9.17) is 47.0 Å². The molecule has 12 aromatic rings. The largest absolute Gasteiger partial charge is 0.490 e. The number of aromatic amines is 3. The normalized spacial score (nSPS) is 12.4. The smallest absolute Gasteiger partial charge is 0.258 e. The number of fused-ring (bicyclic) bond motifs is 3. The summed E-state index contributed by atoms with van der Waals surface area (Å²) in [6.45, 7) is 22.3. The minimum Gasteiger partial charge on any atom is -0.490 e. The monoisotopic (exact) mass is 1320 g/mol. The summed E-state index contributed by atoms with van der Waals surface area (Å²) in [6, 6.07) is 35.3. The molecule has 0 unspecified atom stereocenters. The second kappa shape index (κ2) is 33.1. The molecular weight excluding hydrogens is 1230 g/mol. The molecule has 97 heavy (non-hydrogen) atoms. The van der Waals surface area contributed by atoms with Crippen molar-refractivity contribution >= 4 is 32.7 Å². The molecule has 0 saturated carbocycles. The number of rotatable bonds is 29. The SMILES string of the molecule is CCOc1ccc(-c2nc(-c3ccc4[nH]cc(CN5CCCC5)c4c3)no2)cc1OCC.CCOc1ccc(-c2nc(-c3cccc4[nH]cc(CN(C)CCO)c34)no2)cc1OCC.CCOc1ccc(-c2nc(-c3cccc4[nH]cc(CNCCN(C)C)c34)no2)cc1OCC. The number of benzene rings is 6. The number of hydrogen-bond acceptors (Lipinski definition) is 20. The van der Waals surface area contributed by atoms with Gasteiger partial charge in [0.25, 0.3) is 17.7 Å². The fourth-order valence-electron chi connectivity index (χ4n) is 11.8. The van der Waals surface area contributed by atoms with Gasteiger partial charge >= 0.3 is 0 Å². The molecule has 23 heteroatoms. The first-order chi connectivity index (χ1) is 47.5. The molecule has 508 valence electrons. The van der Waals surface area contributed by atoms with Crippen molar-refractivity contribution in [1.82, 2.24) is 65.4 Å². The molecule has 0 amide bonds. The van der Waals surface area contributed by atoms with Crippen LogP contribution in [-0.2, 0) is 19.6 Å². The molecule has 0 radical (unpaired) electrons. The van der Waals surface area contributed by atoms with E-state index in [9.17, 15) is 5.11 Å². The lowest BCUT2D eigenvalue weighted by Crippen LogP contribution is -2.26. The lowest BCUT2D eigenvalue weighted by atomic mass is 10.1. The van der Waals surface area contributed by atoms with Crippen LogP contribution in [-0.4, -0.2) is 165 Å². The van der Waals surface area contributed by atoms with Crippen LogP contribution < -0.4 is 33.7 Å². The van der Waals surface area contributed by atoms with Crippen molar-refractivity contribution in [2.24, 2.45) is 0 Å². The van der Waals surface area contributed by atoms with E-state index in [1.807, 2.05) is 152 Å². The van der Waals surface area contributed by atoms with Crippen molar-refractivity contribution < 1.29 is 47.1 Å². The van der Waals surface area contributed by atoms with E-state index in [-0.39, 0.29) is 6.61 Å². The van der Waals surface area contributed by atoms with Gasteiger partial charge in [-0.1, -0.05) is 39.7 Å². The molecule has 13 rings (SSSR count). The van der Waals surface area contributed by atoms with Crippen LogP contribution in [0.1, 0.15) is 71.1 Å². The molecule has 23 nitrogen and oxygen atoms in total. The van der Waals surface area contributed by atoms with E-state index in [0.29, 0.717) is 122 Å². The maximum absolute atomic E-state index is 9.22. The Labute approximate surface area is 564 Å². The average molecular weight is 1320 g/mol. The highest BCUT2D eigenvalue weighted by atomic mass is 16.5. The summed E-state index contributed by atoms with van der Waals surface area (Å²) in [5, 5.41) is 28.9. The van der Waals surface area contributed by atoms with Crippen LogP contribution in [0.2, 0.25) is 0 Å². The van der Waals surface area contributed by atoms with Gasteiger partial charge in [-0.05, 0) is 190 Å². The maximum Gasteiger partial charge on any atom is 0.258 e. The van der Waals surface area contributed by atoms with Gasteiger partial charge in [0.15, 0.2) is 34.5 Å². The van der Waals surface area contributed by atoms with Gasteiger partial charge < -0.3 is 72.3 Å². The second-order valence-electron chi connectivity index (χ2n) is 23.4. The fourth-order valence-corrected chi connectivity index (χ4v) is 11.8. The molecule has 6 aromatic carbocycles. The van der Waals surface area contributed by atoms with Gasteiger partial charge in [0.2, 0.25) is 17.5 Å². The van der Waals surface area contributed by atoms with Crippen LogP contribution in [0.5, 0.6) is 34.5 Å². The third-order valence-corrected chi connectivity index (χ3v) is 16.3. The molecule has 0 atom stereocenters. The van der Waals surface area contributed by atoms with Crippen molar-refractivity contribution in [3.8, 4) is 103 Å². The minimum atomic E-state index is 0.117. The molecule has 0 spiro atoms. The summed E-state index contributed by atoms with van der Waals surface area (Å²) >= 11 is 0. The Morgan fingerprint density at radius 3 is 1.42 bits per heavy atom. The van der Waals surface area contributed by atoms with E-state index in [0.717, 1.165) is 92.4 Å². The van der Waals surface area contributed by atoms with E-state index in [1.54, 1.807) is 0 Å². The summed E-state index contributed by atoms with van der Waals surface area (Å²) in [4.78, 5) is 30.8. The number of nitrogens with zero attached hydrogens (tertiary/aromatic N) is 9. The number of hydrogen-bond donors (Lipinski definition) is 5. The van der Waals surface area contributed by atoms with Crippen LogP contribution in [0.3, 0.4) is 0 Å². The molecule has 1 aliphatic rings. The minimum absolute atomic E-state index is 0.117. The summed E-state index contributed by atoms with van der Waals surface area (Å²) in [7, 11) is 6.12. The number of likely N-dealkylation sites (N-methyl/N-ethyl adjacent to an activating group) is 2. The van der Waals surface area contributed by atoms with Gasteiger partial charge in [-0.2, -0.15) is 15.0 Å². The van der Waals surface area contributed by atoms with Crippen LogP contribution in [0.25, 0.3) is 101 Å². The Hall–Kier alpha value is -10.0. The molecule has 1 aliphatic heterocycles. The second-order valence-corrected chi connectivity index (χ2v) is 23.4. The quantitative estimate of drug-likeness (QED) is 0.0273. The number of aliphatic hydroxyl groups excluding tert-OH is 1. The third kappa shape index (κ3) is 16.6. The van der Waals surface area contributed by atoms with E-state index in [1.165, 1.54) is 42.4 Å². The number of ether oxygens (including phenoxy) is 6. The highest BCUT2D eigenvalue weighted by Gasteiger charge is 2.22. The number of likely N-dealkylation sites (tertiary alicyclic amines) is 1. The predicted molar refractivity (Wildman–Crippen MR) is 376 cm³/mol. The van der Waals surface area contributed by atoms with Crippen LogP contribution >= 0.6 is 0 Å². The Kier molecular flexibility index (Phi) is 23.3. The standard InChI is InChI=1S/C25H31N5O3.C25H28N4O3.C24H28N4O4/c1-5-31-21-11-10-17(14-22(21)32-6-2)25-28-24(29-33-25)19-8-7-9-20-23(19)18(16-27-20)15-26-12-13-30(3)4;1-3-30-22-10-8-18(14-23(22)31-4-2)25-27-24(28-32-25)17-7-9-21-20(13-17)19(15-26-21)16-29-11-5-6-12-29;1-4-30-20-10-9-16(13-21(20)31-5-2)24-26-23(27-32-24)18-7-6-8-19-22(18)17(14-25-19)15-28(3)11-12-29/h7-11,14,16,26-27H,5-6,12-13,15H2,1-4H3;7-10,13-15,26H,3-6,11-12,16H2,1-2H3;6-10,13-14,25,29H,4-5,11-12,15H2,1-3H3. The number of aromatic nitrogens is 9. The van der Waals surface area contributed by atoms with Crippen molar-refractivity contribution in [3.05, 3.63) is 144 Å². The van der Waals surface area contributed by atoms with Gasteiger partial charge in [-0.25, -0.2) is 0 Å². The van der Waals surface area contributed by atoms with Crippen LogP contribution in [0, 0.1) is 0 Å². The zero-order valence-electron chi connectivity index (χ0n) is 56.8. The summed E-state index contributed by atoms with van der Waals surface area (Å²) in [5.41, 5.74) is 11.9. The van der Waals surface area contributed by atoms with Crippen molar-refractivity contribution in [2.75, 3.05) is 100 Å². The molecule has 0 bridgehead atoms. The van der Waals surface area contributed by atoms with Gasteiger partial charge in [-0.15, -0.1) is 0 Å². The average Bonchev–Trinajstić information content (AvgIpc) is 1.66. The summed E-state index contributed by atoms with van der Waals surface area (Å²) in [5.74, 6) is 7.02. The molecule has 6 aromatic heterocycles. The first-order valence-electron chi connectivity index (χ1n) is 33.4. The highest BCUT2D eigenvalue weighted by Crippen LogP contribution is 2.39. The maximum atomic E-state index is 9.22. The predicted octanol–water partition coefficient (Wildman–Crippen LogP) is 13.7. The molecule has 1 fully saturated rings. The van der Waals surface area contributed by atoms with Gasteiger partial charge in [0.05, 0.1) is 46.2 Å². The van der Waals surface area contributed by atoms with Crippen LogP contribution in [0.4, 0.5) is 0 Å². The zero-order chi connectivity index (χ0) is 67.6. The number of H-pyrrole nitrogens is 3. The molecular formula is C74H87N13O10. The highest BCUT2D eigenvalue weighted by molar-refractivity contribution is 5.97. The summed E-state index contributed by atoms with van der Waals surface area (Å²) < 4.78 is 51.0. The van der Waals surface area contributed by atoms with Gasteiger partial charge in [-0.3, -0.25) is 9.80 Å². The van der Waals surface area contributed by atoms with E-state index >= 15 is 0 Å². The molecule has 5 N–H and O–H groups in total. The lowest BCUT2D eigenvalue weighted by Gasteiger charge is -2.14.